The fourth-order valence-corrected chi connectivity index (χ4v) is 7.04. The molecule has 0 aliphatic carbocycles. The number of β-lactam (4-membered cyclic amide) rings is 1. The fraction of sp³-hybridized carbons (Fsp3) is 0.300. The van der Waals surface area contributed by atoms with E-state index in [1.54, 1.807) is 18.5 Å². The van der Waals surface area contributed by atoms with Gasteiger partial charge in [-0.05, 0) is 6.07 Å². The summed E-state index contributed by atoms with van der Waals surface area (Å²) < 4.78 is 5.53. The number of amides is 2. The number of nitrogens with zero attached hydrogens (tertiary/aromatic N) is 4. The highest BCUT2D eigenvalue weighted by Crippen LogP contribution is 2.45. The summed E-state index contributed by atoms with van der Waals surface area (Å²) in [4.78, 5) is 48.2. The predicted molar refractivity (Wildman–Crippen MR) is 138 cm³/mol. The highest BCUT2D eigenvalue weighted by molar-refractivity contribution is 8.06. The molecule has 2 aliphatic rings. The van der Waals surface area contributed by atoms with E-state index in [1.807, 2.05) is 0 Å². The summed E-state index contributed by atoms with van der Waals surface area (Å²) >= 11 is 9.39. The van der Waals surface area contributed by atoms with Crippen LogP contribution in [-0.4, -0.2) is 79.0 Å². The summed E-state index contributed by atoms with van der Waals surface area (Å²) in [6.45, 7) is 0.971. The molecule has 0 bridgehead atoms. The Balaban J connectivity index is 1.52. The van der Waals surface area contributed by atoms with Crippen LogP contribution in [0.25, 0.3) is 0 Å². The molecule has 1 saturated heterocycles. The van der Waals surface area contributed by atoms with Gasteiger partial charge in [0, 0.05) is 40.1 Å². The van der Waals surface area contributed by atoms with E-state index < -0.39 is 34.9 Å². The van der Waals surface area contributed by atoms with Gasteiger partial charge in [-0.2, -0.15) is 0 Å². The highest BCUT2D eigenvalue weighted by Gasteiger charge is 2.54. The van der Waals surface area contributed by atoms with Crippen LogP contribution in [0.4, 0.5) is 5.13 Å². The minimum absolute atomic E-state index is 0.0377. The molecule has 4 rings (SSSR count). The number of nitrogens with two attached hydrogens (primary N) is 2. The van der Waals surface area contributed by atoms with E-state index in [-0.39, 0.29) is 33.2 Å². The number of carbonyl (C=O) groups excluding carboxylic acids is 2. The summed E-state index contributed by atoms with van der Waals surface area (Å²) in [5, 5.41) is 24.1. The number of carbonyl (C=O) groups is 3. The first-order chi connectivity index (χ1) is 17.8. The second-order valence-corrected chi connectivity index (χ2v) is 11.4. The summed E-state index contributed by atoms with van der Waals surface area (Å²) in [5.41, 5.74) is 11.0. The molecule has 2 aromatic heterocycles. The summed E-state index contributed by atoms with van der Waals surface area (Å²) in [7, 11) is 0. The predicted octanol–water partition coefficient (Wildman–Crippen LogP) is 0.916. The summed E-state index contributed by atoms with van der Waals surface area (Å²) in [5.74, 6) is -2.53. The van der Waals surface area contributed by atoms with Crippen LogP contribution in [0.3, 0.4) is 0 Å². The van der Waals surface area contributed by atoms with Gasteiger partial charge in [-0.3, -0.25) is 19.5 Å². The number of carboxylic acids is 1. The topological polar surface area (TPSA) is 206 Å². The third-order valence-corrected chi connectivity index (χ3v) is 8.92. The molecule has 37 heavy (non-hydrogen) atoms. The van der Waals surface area contributed by atoms with Crippen molar-refractivity contribution in [3.8, 4) is 0 Å². The fourth-order valence-electron chi connectivity index (χ4n) is 3.56. The first-order valence-electron chi connectivity index (χ1n) is 10.5. The molecule has 7 N–H and O–H groups in total. The van der Waals surface area contributed by atoms with Crippen LogP contribution in [-0.2, 0) is 25.7 Å². The lowest BCUT2D eigenvalue weighted by Gasteiger charge is -2.49. The van der Waals surface area contributed by atoms with Crippen molar-refractivity contribution in [2.24, 2.45) is 10.9 Å². The van der Waals surface area contributed by atoms with Gasteiger partial charge in [0.25, 0.3) is 11.8 Å². The number of ether oxygens (including phenoxy) is 1. The van der Waals surface area contributed by atoms with E-state index in [0.29, 0.717) is 18.1 Å². The number of thioether (sulfide) groups is 2. The van der Waals surface area contributed by atoms with Crippen LogP contribution in [0.2, 0.25) is 4.34 Å². The number of thiazole rings is 1. The Labute approximate surface area is 227 Å². The van der Waals surface area contributed by atoms with Crippen molar-refractivity contribution in [2.45, 2.75) is 22.9 Å². The molecule has 0 aromatic carbocycles. The van der Waals surface area contributed by atoms with Gasteiger partial charge in [0.15, 0.2) is 10.8 Å². The third kappa shape index (κ3) is 5.53. The van der Waals surface area contributed by atoms with Crippen molar-refractivity contribution < 1.29 is 29.4 Å². The maximum absolute atomic E-state index is 13.0. The maximum Gasteiger partial charge on any atom is 0.353 e. The molecule has 0 saturated carbocycles. The lowest BCUT2D eigenvalue weighted by atomic mass is 10.0. The SMILES string of the molecule is NCCOCc1cnccc1SC1=C(C(=O)O)N2C(=O)[C@@H](NC(=O)/C(=N\O)c3nc(N)sc3Cl)[C@@H]2SC1. The van der Waals surface area contributed by atoms with E-state index in [1.165, 1.54) is 23.5 Å². The average Bonchev–Trinajstić information content (AvgIpc) is 3.20. The second kappa shape index (κ2) is 11.7. The monoisotopic (exact) mass is 585 g/mol. The number of pyridine rings is 1. The van der Waals surface area contributed by atoms with Gasteiger partial charge in [0.1, 0.15) is 27.1 Å². The third-order valence-electron chi connectivity index (χ3n) is 5.18. The van der Waals surface area contributed by atoms with Gasteiger partial charge in [0.05, 0.1) is 13.2 Å². The normalized spacial score (nSPS) is 19.5. The number of oxime groups is 1. The Bertz CT molecular complexity index is 1300. The van der Waals surface area contributed by atoms with Crippen molar-refractivity contribution >= 4 is 75.1 Å². The number of fused-ring (bicyclic) bond motifs is 1. The van der Waals surface area contributed by atoms with E-state index in [2.05, 4.69) is 20.4 Å². The van der Waals surface area contributed by atoms with Gasteiger partial charge in [-0.15, -0.1) is 11.8 Å². The van der Waals surface area contributed by atoms with Gasteiger partial charge in [-0.1, -0.05) is 39.9 Å². The average molecular weight is 586 g/mol. The highest BCUT2D eigenvalue weighted by atomic mass is 35.5. The number of nitrogens with one attached hydrogen (secondary N) is 1. The van der Waals surface area contributed by atoms with Crippen molar-refractivity contribution in [2.75, 3.05) is 24.6 Å². The van der Waals surface area contributed by atoms with E-state index in [0.717, 1.165) is 26.7 Å². The molecule has 0 unspecified atom stereocenters. The number of anilines is 1. The Morgan fingerprint density at radius 3 is 2.86 bits per heavy atom. The maximum atomic E-state index is 13.0. The Morgan fingerprint density at radius 2 is 2.22 bits per heavy atom. The van der Waals surface area contributed by atoms with Crippen molar-refractivity contribution in [1.29, 1.82) is 0 Å². The van der Waals surface area contributed by atoms with Crippen molar-refractivity contribution in [3.05, 3.63) is 44.7 Å². The Hall–Kier alpha value is -2.89. The number of aromatic nitrogens is 2. The number of aliphatic carboxylic acids is 1. The zero-order valence-corrected chi connectivity index (χ0v) is 22.0. The molecule has 2 aromatic rings. The molecule has 196 valence electrons. The van der Waals surface area contributed by atoms with Crippen LogP contribution in [0, 0.1) is 0 Å². The molecule has 2 amide bonds. The van der Waals surface area contributed by atoms with Crippen LogP contribution < -0.4 is 16.8 Å². The molecule has 2 aliphatic heterocycles. The number of halogens is 1. The molecular formula is C20H20ClN7O6S3. The molecule has 0 radical (unpaired) electrons. The molecule has 2 atom stereocenters. The van der Waals surface area contributed by atoms with Gasteiger partial charge < -0.3 is 31.8 Å². The van der Waals surface area contributed by atoms with E-state index in [9.17, 15) is 24.7 Å². The largest absolute Gasteiger partial charge is 0.477 e. The number of rotatable bonds is 10. The summed E-state index contributed by atoms with van der Waals surface area (Å²) in [6, 6.07) is 0.688. The smallest absolute Gasteiger partial charge is 0.353 e. The van der Waals surface area contributed by atoms with Crippen LogP contribution in [0.1, 0.15) is 11.3 Å². The minimum Gasteiger partial charge on any atom is -0.477 e. The minimum atomic E-state index is -1.27. The van der Waals surface area contributed by atoms with Gasteiger partial charge in [0.2, 0.25) is 0 Å². The quantitative estimate of drug-likeness (QED) is 0.0867. The van der Waals surface area contributed by atoms with Crippen molar-refractivity contribution in [1.82, 2.24) is 20.2 Å². The van der Waals surface area contributed by atoms with Crippen molar-refractivity contribution in [3.63, 3.8) is 0 Å². The summed E-state index contributed by atoms with van der Waals surface area (Å²) in [6.07, 6.45) is 3.21. The molecule has 17 heteroatoms. The van der Waals surface area contributed by atoms with Crippen LogP contribution >= 0.6 is 46.5 Å². The van der Waals surface area contributed by atoms with E-state index >= 15 is 0 Å². The van der Waals surface area contributed by atoms with Gasteiger partial charge in [-0.25, -0.2) is 9.78 Å². The van der Waals surface area contributed by atoms with E-state index in [4.69, 9.17) is 27.8 Å². The Morgan fingerprint density at radius 1 is 1.43 bits per heavy atom. The molecular weight excluding hydrogens is 566 g/mol. The first-order valence-corrected chi connectivity index (χ1v) is 13.6. The first kappa shape index (κ1) is 27.2. The second-order valence-electron chi connectivity index (χ2n) is 7.49. The molecule has 1 fully saturated rings. The lowest BCUT2D eigenvalue weighted by Crippen LogP contribution is -2.71. The van der Waals surface area contributed by atoms with Gasteiger partial charge >= 0.3 is 5.97 Å². The molecule has 4 heterocycles. The molecule has 13 nitrogen and oxygen atoms in total. The number of hydrogen-bond acceptors (Lipinski definition) is 13. The zero-order chi connectivity index (χ0) is 26.7. The lowest BCUT2D eigenvalue weighted by molar-refractivity contribution is -0.150. The van der Waals surface area contributed by atoms with Crippen LogP contribution in [0.5, 0.6) is 0 Å². The Kier molecular flexibility index (Phi) is 8.56. The zero-order valence-electron chi connectivity index (χ0n) is 18.8. The number of nitrogen functional groups attached to an aromatic ring is 1. The standard InChI is InChI=1S/C20H20ClN7O6S3/c21-15-11(26-20(23)37-15)12(27-33)16(29)25-13-17(30)28-14(19(31)32)10(7-35-18(13)28)36-9-1-3-24-5-8(9)6-34-4-2-22/h1,3,5,13,18,33H,2,4,6-7,22H2,(H2,23,26)(H,25,29)(H,31,32)/b27-12-/t13-,18+/m1/s1. The number of carboxylic acid groups (broad SMARTS) is 1. The molecule has 0 spiro atoms. The van der Waals surface area contributed by atoms with Crippen LogP contribution in [0.15, 0.2) is 39.1 Å². The number of hydrogen-bond donors (Lipinski definition) is 5.